The molecule has 0 bridgehead atoms. The lowest BCUT2D eigenvalue weighted by atomic mass is 9.79. The number of nitrogens with zero attached hydrogens (tertiary/aromatic N) is 1. The number of aromatic nitrogens is 1. The molecule has 7 aromatic carbocycles. The molecule has 1 heteroatoms. The molecule has 0 atom stereocenters. The van der Waals surface area contributed by atoms with Crippen LogP contribution in [0.4, 0.5) is 0 Å². The van der Waals surface area contributed by atoms with Gasteiger partial charge in [-0.25, -0.2) is 0 Å². The highest BCUT2D eigenvalue weighted by Gasteiger charge is 2.22. The van der Waals surface area contributed by atoms with E-state index in [2.05, 4.69) is 186 Å². The fraction of sp³-hybridized carbons (Fsp3) is 0.208. The molecule has 0 N–H and O–H groups in total. The Morgan fingerprint density at radius 1 is 0.388 bits per heavy atom. The van der Waals surface area contributed by atoms with Gasteiger partial charge in [-0.3, -0.25) is 0 Å². The van der Waals surface area contributed by atoms with Gasteiger partial charge in [0.05, 0.1) is 0 Å². The maximum atomic E-state index is 2.46. The Kier molecular flexibility index (Phi) is 7.30. The molecule has 0 unspecified atom stereocenters. The molecule has 0 spiro atoms. The molecule has 0 radical (unpaired) electrons. The van der Waals surface area contributed by atoms with Crippen molar-refractivity contribution in [3.63, 3.8) is 0 Å². The zero-order chi connectivity index (χ0) is 34.1. The lowest BCUT2D eigenvalue weighted by molar-refractivity contribution is 0.590. The maximum absolute atomic E-state index is 2.46. The summed E-state index contributed by atoms with van der Waals surface area (Å²) >= 11 is 0. The van der Waals surface area contributed by atoms with Crippen molar-refractivity contribution >= 4 is 43.4 Å². The van der Waals surface area contributed by atoms with Crippen LogP contribution in [0.3, 0.4) is 0 Å². The molecule has 0 aliphatic carbocycles. The fourth-order valence-corrected chi connectivity index (χ4v) is 7.79. The van der Waals surface area contributed by atoms with E-state index in [9.17, 15) is 0 Å². The van der Waals surface area contributed by atoms with E-state index < -0.39 is 0 Å². The largest absolute Gasteiger partial charge is 0.341 e. The quantitative estimate of drug-likeness (QED) is 0.170. The molecule has 0 aliphatic rings. The van der Waals surface area contributed by atoms with Crippen LogP contribution < -0.4 is 0 Å². The first-order chi connectivity index (χ1) is 23.5. The van der Waals surface area contributed by atoms with E-state index in [0.717, 1.165) is 6.54 Å². The first-order valence-corrected chi connectivity index (χ1v) is 17.7. The molecule has 0 saturated carbocycles. The van der Waals surface area contributed by atoms with E-state index in [0.29, 0.717) is 0 Å². The van der Waals surface area contributed by atoms with Gasteiger partial charge in [-0.2, -0.15) is 0 Å². The van der Waals surface area contributed by atoms with Crippen LogP contribution in [0.15, 0.2) is 133 Å². The van der Waals surface area contributed by atoms with Crippen molar-refractivity contribution in [3.8, 4) is 33.4 Å². The number of aryl methyl sites for hydroxylation is 1. The zero-order valence-corrected chi connectivity index (χ0v) is 29.9. The van der Waals surface area contributed by atoms with E-state index in [1.54, 1.807) is 0 Å². The summed E-state index contributed by atoms with van der Waals surface area (Å²) in [5.74, 6) is 0. The van der Waals surface area contributed by atoms with Crippen molar-refractivity contribution in [1.29, 1.82) is 0 Å². The summed E-state index contributed by atoms with van der Waals surface area (Å²) in [6.45, 7) is 17.0. The van der Waals surface area contributed by atoms with Gasteiger partial charge in [-0.1, -0.05) is 145 Å². The minimum absolute atomic E-state index is 0.0345. The molecular weight excluding hydrogens is 591 g/mol. The van der Waals surface area contributed by atoms with Crippen molar-refractivity contribution in [2.75, 3.05) is 0 Å². The van der Waals surface area contributed by atoms with E-state index in [-0.39, 0.29) is 10.8 Å². The van der Waals surface area contributed by atoms with E-state index >= 15 is 0 Å². The minimum atomic E-state index is 0.0345. The Morgan fingerprint density at radius 2 is 0.878 bits per heavy atom. The predicted octanol–water partition coefficient (Wildman–Crippen LogP) is 13.7. The van der Waals surface area contributed by atoms with Crippen LogP contribution >= 0.6 is 0 Å². The molecular formula is C48H45N. The fourth-order valence-electron chi connectivity index (χ4n) is 7.79. The average Bonchev–Trinajstić information content (AvgIpc) is 3.42. The van der Waals surface area contributed by atoms with Gasteiger partial charge in [0.15, 0.2) is 0 Å². The van der Waals surface area contributed by atoms with Crippen LogP contribution in [0.2, 0.25) is 0 Å². The highest BCUT2D eigenvalue weighted by atomic mass is 15.0. The second kappa shape index (κ2) is 11.5. The zero-order valence-electron chi connectivity index (χ0n) is 29.9. The monoisotopic (exact) mass is 635 g/mol. The molecule has 8 rings (SSSR count). The number of fused-ring (bicyclic) bond motifs is 5. The van der Waals surface area contributed by atoms with E-state index in [4.69, 9.17) is 0 Å². The third kappa shape index (κ3) is 5.24. The molecule has 1 heterocycles. The summed E-state index contributed by atoms with van der Waals surface area (Å²) in [6, 6.07) is 50.4. The molecule has 0 fully saturated rings. The number of para-hydroxylation sites is 1. The second-order valence-electron chi connectivity index (χ2n) is 15.7. The number of benzene rings is 7. The van der Waals surface area contributed by atoms with Gasteiger partial charge in [0.2, 0.25) is 0 Å². The maximum Gasteiger partial charge on any atom is 0.0491 e. The van der Waals surface area contributed by atoms with Crippen LogP contribution in [-0.2, 0) is 17.4 Å². The van der Waals surface area contributed by atoms with Crippen LogP contribution in [0, 0.1) is 0 Å². The van der Waals surface area contributed by atoms with Crippen molar-refractivity contribution in [2.45, 2.75) is 65.8 Å². The van der Waals surface area contributed by atoms with Crippen molar-refractivity contribution in [3.05, 3.63) is 145 Å². The highest BCUT2D eigenvalue weighted by Crippen LogP contribution is 2.46. The molecule has 8 aromatic rings. The van der Waals surface area contributed by atoms with Crippen LogP contribution in [-0.4, -0.2) is 4.57 Å². The summed E-state index contributed by atoms with van der Waals surface area (Å²) in [4.78, 5) is 0. The van der Waals surface area contributed by atoms with Crippen molar-refractivity contribution in [1.82, 2.24) is 4.57 Å². The SMILES string of the molecule is CCn1c2ccccc2c2cc(-c3ccc(-c4c5ccc(C(C)(C)C)cc5c(-c5ccccc5)c5ccc(C(C)(C)C)cc45)cc3)ccc21. The summed E-state index contributed by atoms with van der Waals surface area (Å²) in [5.41, 5.74) is 13.0. The molecule has 0 saturated heterocycles. The standard InChI is InChI=1S/C48H45N/c1-8-49-43-17-13-12-16-37(43)40-28-34(22-27-44(40)49)31-18-20-33(21-19-31)46-39-26-24-35(47(2,3)4)29-41(39)45(32-14-10-9-11-15-32)38-25-23-36(30-42(38)46)48(5,6)7/h9-30H,8H2,1-7H3. The second-order valence-corrected chi connectivity index (χ2v) is 15.7. The van der Waals surface area contributed by atoms with Crippen molar-refractivity contribution < 1.29 is 0 Å². The number of hydrogen-bond donors (Lipinski definition) is 0. The molecule has 1 nitrogen and oxygen atoms in total. The van der Waals surface area contributed by atoms with Gasteiger partial charge in [-0.15, -0.1) is 0 Å². The summed E-state index contributed by atoms with van der Waals surface area (Å²) < 4.78 is 2.42. The Labute approximate surface area is 290 Å². The lowest BCUT2D eigenvalue weighted by Crippen LogP contribution is -2.11. The summed E-state index contributed by atoms with van der Waals surface area (Å²) in [7, 11) is 0. The van der Waals surface area contributed by atoms with Gasteiger partial charge in [0.1, 0.15) is 0 Å². The Hall–Kier alpha value is -5.14. The average molecular weight is 636 g/mol. The van der Waals surface area contributed by atoms with Crippen LogP contribution in [0.5, 0.6) is 0 Å². The van der Waals surface area contributed by atoms with Crippen molar-refractivity contribution in [2.24, 2.45) is 0 Å². The molecule has 0 aliphatic heterocycles. The first kappa shape index (κ1) is 31.1. The lowest BCUT2D eigenvalue weighted by Gasteiger charge is -2.25. The van der Waals surface area contributed by atoms with E-state index in [1.165, 1.54) is 87.9 Å². The number of rotatable bonds is 4. The Bertz CT molecular complexity index is 2510. The highest BCUT2D eigenvalue weighted by molar-refractivity contribution is 6.21. The van der Waals surface area contributed by atoms with Crippen LogP contribution in [0.1, 0.15) is 59.6 Å². The molecule has 242 valence electrons. The molecule has 1 aromatic heterocycles. The van der Waals surface area contributed by atoms with E-state index in [1.807, 2.05) is 0 Å². The number of hydrogen-bond acceptors (Lipinski definition) is 0. The Morgan fingerprint density at radius 3 is 1.45 bits per heavy atom. The molecule has 49 heavy (non-hydrogen) atoms. The van der Waals surface area contributed by atoms with Gasteiger partial charge in [0, 0.05) is 28.4 Å². The van der Waals surface area contributed by atoms with Gasteiger partial charge in [0.25, 0.3) is 0 Å². The summed E-state index contributed by atoms with van der Waals surface area (Å²) in [5, 5.41) is 7.85. The third-order valence-corrected chi connectivity index (χ3v) is 10.5. The minimum Gasteiger partial charge on any atom is -0.341 e. The van der Waals surface area contributed by atoms with Crippen LogP contribution in [0.25, 0.3) is 76.7 Å². The predicted molar refractivity (Wildman–Crippen MR) is 214 cm³/mol. The normalized spacial score (nSPS) is 12.5. The van der Waals surface area contributed by atoms with Gasteiger partial charge >= 0.3 is 0 Å². The van der Waals surface area contributed by atoms with Gasteiger partial charge < -0.3 is 4.57 Å². The Balaban J connectivity index is 1.37. The summed E-state index contributed by atoms with van der Waals surface area (Å²) in [6.07, 6.45) is 0. The first-order valence-electron chi connectivity index (χ1n) is 17.7. The molecule has 0 amide bonds. The topological polar surface area (TPSA) is 4.93 Å². The smallest absolute Gasteiger partial charge is 0.0491 e. The van der Waals surface area contributed by atoms with Gasteiger partial charge in [-0.05, 0) is 114 Å². The third-order valence-electron chi connectivity index (χ3n) is 10.5.